The zero-order valence-electron chi connectivity index (χ0n) is 33.6. The van der Waals surface area contributed by atoms with Crippen LogP contribution in [0, 0.1) is 12.7 Å². The van der Waals surface area contributed by atoms with Crippen LogP contribution in [0.1, 0.15) is 5.56 Å². The monoisotopic (exact) mass is 785 g/mol. The van der Waals surface area contributed by atoms with Crippen LogP contribution in [0.4, 0.5) is 38.5 Å². The number of para-hydroxylation sites is 2. The minimum atomic E-state index is -0.267. The molecule has 0 radical (unpaired) electrons. The summed E-state index contributed by atoms with van der Waals surface area (Å²) in [6.45, 7) is 2.13. The number of aryl methyl sites for hydroxylation is 1. The minimum absolute atomic E-state index is 0.267. The van der Waals surface area contributed by atoms with Crippen molar-refractivity contribution in [3.63, 3.8) is 0 Å². The lowest BCUT2D eigenvalue weighted by Crippen LogP contribution is -2.11. The van der Waals surface area contributed by atoms with Crippen molar-refractivity contribution in [3.05, 3.63) is 236 Å². The summed E-state index contributed by atoms with van der Waals surface area (Å²) in [6, 6.07) is 78.4. The Hall–Kier alpha value is -7.95. The quantitative estimate of drug-likeness (QED) is 0.152. The van der Waals surface area contributed by atoms with Crippen LogP contribution in [-0.4, -0.2) is 4.57 Å². The molecule has 11 rings (SSSR count). The van der Waals surface area contributed by atoms with Crippen molar-refractivity contribution in [3.8, 4) is 16.8 Å². The number of anilines is 6. The standard InChI is InChI=1S/C57H40FN3/c1-39-22-28-46(29-23-39)61(54-21-11-13-40-12-5-6-16-49(40)54)56-37-35-48(50-17-7-8-18-51(50)56)41-24-30-44(31-25-41)59(45-32-26-42(58)27-33-45)47-34-36-57-53(38-47)52-19-9-10-20-55(52)60(57)43-14-3-2-4-15-43/h2-38H,1H3. The van der Waals surface area contributed by atoms with Gasteiger partial charge >= 0.3 is 0 Å². The number of benzene rings is 10. The first-order valence-electron chi connectivity index (χ1n) is 20.7. The fourth-order valence-electron chi connectivity index (χ4n) is 9.02. The summed E-state index contributed by atoms with van der Waals surface area (Å²) >= 11 is 0. The highest BCUT2D eigenvalue weighted by molar-refractivity contribution is 6.11. The predicted molar refractivity (Wildman–Crippen MR) is 255 cm³/mol. The van der Waals surface area contributed by atoms with Crippen molar-refractivity contribution >= 4 is 77.5 Å². The maximum absolute atomic E-state index is 14.4. The van der Waals surface area contributed by atoms with Crippen LogP contribution < -0.4 is 9.80 Å². The molecule has 0 saturated heterocycles. The number of aromatic nitrogens is 1. The second kappa shape index (κ2) is 15.0. The van der Waals surface area contributed by atoms with Gasteiger partial charge in [0.05, 0.1) is 22.4 Å². The van der Waals surface area contributed by atoms with E-state index in [9.17, 15) is 4.39 Å². The number of hydrogen-bond donors (Lipinski definition) is 0. The molecule has 0 spiro atoms. The van der Waals surface area contributed by atoms with Gasteiger partial charge in [-0.1, -0.05) is 133 Å². The van der Waals surface area contributed by atoms with Crippen molar-refractivity contribution in [1.29, 1.82) is 0 Å². The van der Waals surface area contributed by atoms with Crippen LogP contribution >= 0.6 is 0 Å². The fraction of sp³-hybridized carbons (Fsp3) is 0.0175. The van der Waals surface area contributed by atoms with E-state index < -0.39 is 0 Å². The lowest BCUT2D eigenvalue weighted by atomic mass is 9.95. The zero-order chi connectivity index (χ0) is 40.9. The molecular weight excluding hydrogens is 746 g/mol. The summed E-state index contributed by atoms with van der Waals surface area (Å²) in [5.41, 5.74) is 13.1. The highest BCUT2D eigenvalue weighted by Crippen LogP contribution is 2.45. The first-order chi connectivity index (χ1) is 30.1. The number of halogens is 1. The third-order valence-corrected chi connectivity index (χ3v) is 11.9. The SMILES string of the molecule is Cc1ccc(N(c2cccc3ccccc23)c2ccc(-c3ccc(N(c4ccc(F)cc4)c4ccc5c(c4)c4ccccc4n5-c4ccccc4)cc3)c3ccccc23)cc1. The molecule has 10 aromatic carbocycles. The predicted octanol–water partition coefficient (Wildman–Crippen LogP) is 16.1. The van der Waals surface area contributed by atoms with E-state index in [4.69, 9.17) is 0 Å². The van der Waals surface area contributed by atoms with Gasteiger partial charge in [0.25, 0.3) is 0 Å². The van der Waals surface area contributed by atoms with E-state index in [1.54, 1.807) is 0 Å². The fourth-order valence-corrected chi connectivity index (χ4v) is 9.02. The Morgan fingerprint density at radius 3 is 1.70 bits per heavy atom. The number of fused-ring (bicyclic) bond motifs is 5. The molecule has 0 N–H and O–H groups in total. The van der Waals surface area contributed by atoms with E-state index >= 15 is 0 Å². The average molecular weight is 786 g/mol. The van der Waals surface area contributed by atoms with E-state index in [1.807, 2.05) is 18.2 Å². The van der Waals surface area contributed by atoms with E-state index in [0.29, 0.717) is 0 Å². The van der Waals surface area contributed by atoms with Gasteiger partial charge in [0.1, 0.15) is 5.82 Å². The summed E-state index contributed by atoms with van der Waals surface area (Å²) in [5.74, 6) is -0.267. The summed E-state index contributed by atoms with van der Waals surface area (Å²) in [6.07, 6.45) is 0. The molecule has 1 aromatic heterocycles. The summed E-state index contributed by atoms with van der Waals surface area (Å²) < 4.78 is 16.7. The Morgan fingerprint density at radius 2 is 0.934 bits per heavy atom. The lowest BCUT2D eigenvalue weighted by molar-refractivity contribution is 0.628. The number of rotatable bonds is 8. The van der Waals surface area contributed by atoms with Crippen molar-refractivity contribution in [2.24, 2.45) is 0 Å². The molecule has 0 amide bonds. The van der Waals surface area contributed by atoms with Gasteiger partial charge in [-0.3, -0.25) is 0 Å². The van der Waals surface area contributed by atoms with Gasteiger partial charge in [0, 0.05) is 50.0 Å². The first-order valence-corrected chi connectivity index (χ1v) is 20.7. The van der Waals surface area contributed by atoms with Crippen molar-refractivity contribution < 1.29 is 4.39 Å². The normalized spacial score (nSPS) is 11.4. The molecule has 0 bridgehead atoms. The Kier molecular flexibility index (Phi) is 8.90. The molecule has 0 saturated carbocycles. The molecule has 0 aliphatic rings. The molecule has 0 aliphatic carbocycles. The molecule has 290 valence electrons. The Bertz CT molecular complexity index is 3370. The number of nitrogens with zero attached hydrogens (tertiary/aromatic N) is 3. The summed E-state index contributed by atoms with van der Waals surface area (Å²) in [7, 11) is 0. The van der Waals surface area contributed by atoms with Crippen molar-refractivity contribution in [1.82, 2.24) is 4.57 Å². The third-order valence-electron chi connectivity index (χ3n) is 11.9. The molecule has 61 heavy (non-hydrogen) atoms. The molecule has 0 aliphatic heterocycles. The second-order valence-electron chi connectivity index (χ2n) is 15.6. The van der Waals surface area contributed by atoms with Crippen LogP contribution in [0.2, 0.25) is 0 Å². The Balaban J connectivity index is 1.03. The van der Waals surface area contributed by atoms with Gasteiger partial charge in [-0.05, 0) is 126 Å². The van der Waals surface area contributed by atoms with E-state index in [2.05, 4.69) is 215 Å². The highest BCUT2D eigenvalue weighted by Gasteiger charge is 2.21. The Morgan fingerprint density at radius 1 is 0.377 bits per heavy atom. The van der Waals surface area contributed by atoms with Crippen molar-refractivity contribution in [2.45, 2.75) is 6.92 Å². The molecule has 0 fully saturated rings. The maximum Gasteiger partial charge on any atom is 0.123 e. The molecule has 0 unspecified atom stereocenters. The molecule has 0 atom stereocenters. The second-order valence-corrected chi connectivity index (χ2v) is 15.6. The lowest BCUT2D eigenvalue weighted by Gasteiger charge is -2.29. The van der Waals surface area contributed by atoms with Gasteiger partial charge in [-0.25, -0.2) is 4.39 Å². The topological polar surface area (TPSA) is 11.4 Å². The molecule has 1 heterocycles. The van der Waals surface area contributed by atoms with E-state index in [0.717, 1.165) is 72.7 Å². The number of hydrogen-bond acceptors (Lipinski definition) is 2. The van der Waals surface area contributed by atoms with Crippen LogP contribution in [0.5, 0.6) is 0 Å². The molecular formula is C57H40FN3. The summed E-state index contributed by atoms with van der Waals surface area (Å²) in [5, 5.41) is 7.05. The van der Waals surface area contributed by atoms with Gasteiger partial charge in [-0.2, -0.15) is 0 Å². The molecule has 4 heteroatoms. The minimum Gasteiger partial charge on any atom is -0.310 e. The molecule has 11 aromatic rings. The highest BCUT2D eigenvalue weighted by atomic mass is 19.1. The van der Waals surface area contributed by atoms with E-state index in [-0.39, 0.29) is 5.82 Å². The Labute approximate surface area is 354 Å². The molecule has 3 nitrogen and oxygen atoms in total. The largest absolute Gasteiger partial charge is 0.310 e. The van der Waals surface area contributed by atoms with Crippen LogP contribution in [-0.2, 0) is 0 Å². The van der Waals surface area contributed by atoms with Crippen LogP contribution in [0.25, 0.3) is 60.2 Å². The smallest absolute Gasteiger partial charge is 0.123 e. The van der Waals surface area contributed by atoms with Gasteiger partial charge in [0.15, 0.2) is 0 Å². The van der Waals surface area contributed by atoms with Gasteiger partial charge in [-0.15, -0.1) is 0 Å². The van der Waals surface area contributed by atoms with Gasteiger partial charge in [0.2, 0.25) is 0 Å². The van der Waals surface area contributed by atoms with Gasteiger partial charge < -0.3 is 14.4 Å². The van der Waals surface area contributed by atoms with Crippen LogP contribution in [0.3, 0.4) is 0 Å². The zero-order valence-corrected chi connectivity index (χ0v) is 33.6. The first kappa shape index (κ1) is 36.2. The van der Waals surface area contributed by atoms with Crippen molar-refractivity contribution in [2.75, 3.05) is 9.80 Å². The third kappa shape index (κ3) is 6.37. The van der Waals surface area contributed by atoms with Crippen LogP contribution in [0.15, 0.2) is 224 Å². The van der Waals surface area contributed by atoms with E-state index in [1.165, 1.54) is 39.2 Å². The average Bonchev–Trinajstić information content (AvgIpc) is 3.65. The maximum atomic E-state index is 14.4. The summed E-state index contributed by atoms with van der Waals surface area (Å²) in [4.78, 5) is 4.60.